The number of nitrogens with zero attached hydrogens (tertiary/aromatic N) is 2. The summed E-state index contributed by atoms with van der Waals surface area (Å²) in [5.74, 6) is 0. The number of benzene rings is 2. The molecule has 4 heteroatoms. The van der Waals surface area contributed by atoms with Gasteiger partial charge in [0.1, 0.15) is 0 Å². The molecule has 0 unspecified atom stereocenters. The van der Waals surface area contributed by atoms with E-state index in [0.29, 0.717) is 5.69 Å². The standard InChI is InChI=1S/C14H10N2OS/c17-16(11-6-2-1-3-7-11)10-14-15-12-8-4-5-9-13(12)18-14/h1-10H. The molecule has 3 nitrogen and oxygen atoms in total. The third-order valence-electron chi connectivity index (χ3n) is 2.55. The summed E-state index contributed by atoms with van der Waals surface area (Å²) >= 11 is 1.51. The number of aromatic nitrogens is 1. The number of fused-ring (bicyclic) bond motifs is 1. The van der Waals surface area contributed by atoms with Gasteiger partial charge in [-0.05, 0) is 12.1 Å². The highest BCUT2D eigenvalue weighted by atomic mass is 32.1. The molecule has 1 heterocycles. The molecule has 0 N–H and O–H groups in total. The molecule has 18 heavy (non-hydrogen) atoms. The van der Waals surface area contributed by atoms with Crippen LogP contribution >= 0.6 is 11.3 Å². The molecule has 0 aliphatic heterocycles. The van der Waals surface area contributed by atoms with Gasteiger partial charge in [-0.1, -0.05) is 30.3 Å². The molecule has 0 bridgehead atoms. The van der Waals surface area contributed by atoms with Gasteiger partial charge < -0.3 is 5.21 Å². The van der Waals surface area contributed by atoms with Gasteiger partial charge in [0.25, 0.3) is 0 Å². The first-order valence-electron chi connectivity index (χ1n) is 5.55. The summed E-state index contributed by atoms with van der Waals surface area (Å²) < 4.78 is 1.93. The topological polar surface area (TPSA) is 39.0 Å². The summed E-state index contributed by atoms with van der Waals surface area (Å²) in [7, 11) is 0. The molecular weight excluding hydrogens is 244 g/mol. The van der Waals surface area contributed by atoms with Crippen LogP contribution in [0.2, 0.25) is 0 Å². The van der Waals surface area contributed by atoms with E-state index >= 15 is 0 Å². The zero-order chi connectivity index (χ0) is 12.4. The molecule has 0 radical (unpaired) electrons. The molecule has 1 aromatic heterocycles. The minimum atomic E-state index is 0.608. The fraction of sp³-hybridized carbons (Fsp3) is 0. The Morgan fingerprint density at radius 2 is 1.72 bits per heavy atom. The van der Waals surface area contributed by atoms with Crippen LogP contribution in [0, 0.1) is 5.21 Å². The van der Waals surface area contributed by atoms with Crippen LogP contribution < -0.4 is 0 Å². The predicted octanol–water partition coefficient (Wildman–Crippen LogP) is 3.56. The Hall–Kier alpha value is -2.20. The molecule has 0 amide bonds. The van der Waals surface area contributed by atoms with E-state index in [4.69, 9.17) is 0 Å². The first-order chi connectivity index (χ1) is 8.83. The van der Waals surface area contributed by atoms with Crippen molar-refractivity contribution in [3.05, 3.63) is 64.8 Å². The lowest BCUT2D eigenvalue weighted by Gasteiger charge is -2.00. The molecule has 0 saturated carbocycles. The van der Waals surface area contributed by atoms with Gasteiger partial charge in [-0.15, -0.1) is 11.3 Å². The van der Waals surface area contributed by atoms with Crippen molar-refractivity contribution in [3.63, 3.8) is 0 Å². The molecular formula is C14H10N2OS. The van der Waals surface area contributed by atoms with Gasteiger partial charge in [-0.3, -0.25) is 0 Å². The summed E-state index contributed by atoms with van der Waals surface area (Å²) in [5, 5.41) is 12.6. The van der Waals surface area contributed by atoms with Gasteiger partial charge in [0, 0.05) is 12.1 Å². The highest BCUT2D eigenvalue weighted by Crippen LogP contribution is 2.20. The fourth-order valence-electron chi connectivity index (χ4n) is 1.70. The molecule has 0 aliphatic carbocycles. The first kappa shape index (κ1) is 10.9. The van der Waals surface area contributed by atoms with Crippen LogP contribution in [0.3, 0.4) is 0 Å². The Bertz CT molecular complexity index is 671. The van der Waals surface area contributed by atoms with E-state index in [1.54, 1.807) is 12.1 Å². The Morgan fingerprint density at radius 1 is 1.00 bits per heavy atom. The second kappa shape index (κ2) is 4.58. The lowest BCUT2D eigenvalue weighted by atomic mass is 10.3. The number of thiazole rings is 1. The average molecular weight is 254 g/mol. The van der Waals surface area contributed by atoms with Crippen molar-refractivity contribution in [2.24, 2.45) is 0 Å². The van der Waals surface area contributed by atoms with Crippen molar-refractivity contribution < 1.29 is 4.74 Å². The van der Waals surface area contributed by atoms with Crippen molar-refractivity contribution in [1.82, 2.24) is 4.98 Å². The molecule has 3 rings (SSSR count). The van der Waals surface area contributed by atoms with Crippen molar-refractivity contribution in [1.29, 1.82) is 0 Å². The van der Waals surface area contributed by atoms with Gasteiger partial charge in [0.2, 0.25) is 11.9 Å². The van der Waals surface area contributed by atoms with Crippen LogP contribution in [-0.2, 0) is 0 Å². The largest absolute Gasteiger partial charge is 0.618 e. The number of hydrogen-bond acceptors (Lipinski definition) is 3. The Balaban J connectivity index is 2.00. The maximum absolute atomic E-state index is 11.9. The van der Waals surface area contributed by atoms with E-state index in [1.165, 1.54) is 17.6 Å². The smallest absolute Gasteiger partial charge is 0.216 e. The third-order valence-corrected chi connectivity index (χ3v) is 3.52. The summed E-state index contributed by atoms with van der Waals surface area (Å²) in [6, 6.07) is 17.0. The van der Waals surface area contributed by atoms with Gasteiger partial charge >= 0.3 is 0 Å². The van der Waals surface area contributed by atoms with E-state index in [-0.39, 0.29) is 0 Å². The van der Waals surface area contributed by atoms with E-state index in [2.05, 4.69) is 4.98 Å². The van der Waals surface area contributed by atoms with E-state index in [0.717, 1.165) is 20.0 Å². The van der Waals surface area contributed by atoms with E-state index in [9.17, 15) is 5.21 Å². The summed E-state index contributed by atoms with van der Waals surface area (Å²) in [6.07, 6.45) is 1.51. The maximum Gasteiger partial charge on any atom is 0.216 e. The molecule has 88 valence electrons. The van der Waals surface area contributed by atoms with Crippen LogP contribution in [0.1, 0.15) is 5.01 Å². The second-order valence-corrected chi connectivity index (χ2v) is 4.87. The minimum Gasteiger partial charge on any atom is -0.618 e. The van der Waals surface area contributed by atoms with Crippen LogP contribution in [0.25, 0.3) is 10.2 Å². The van der Waals surface area contributed by atoms with E-state index < -0.39 is 0 Å². The Kier molecular flexibility index (Phi) is 2.78. The minimum absolute atomic E-state index is 0.608. The molecule has 3 aromatic rings. The number of rotatable bonds is 2. The van der Waals surface area contributed by atoms with Crippen LogP contribution in [-0.4, -0.2) is 15.9 Å². The fourth-order valence-corrected chi connectivity index (χ4v) is 2.58. The van der Waals surface area contributed by atoms with Gasteiger partial charge in [-0.2, -0.15) is 4.74 Å². The molecule has 0 fully saturated rings. The second-order valence-electron chi connectivity index (χ2n) is 3.81. The zero-order valence-electron chi connectivity index (χ0n) is 9.48. The van der Waals surface area contributed by atoms with Crippen LogP contribution in [0.5, 0.6) is 0 Å². The summed E-state index contributed by atoms with van der Waals surface area (Å²) in [4.78, 5) is 4.40. The Morgan fingerprint density at radius 3 is 2.50 bits per heavy atom. The predicted molar refractivity (Wildman–Crippen MR) is 74.5 cm³/mol. The lowest BCUT2D eigenvalue weighted by Crippen LogP contribution is -1.97. The molecule has 0 spiro atoms. The van der Waals surface area contributed by atoms with Crippen LogP contribution in [0.4, 0.5) is 5.69 Å². The molecule has 2 aromatic carbocycles. The van der Waals surface area contributed by atoms with Gasteiger partial charge in [0.15, 0.2) is 5.01 Å². The highest BCUT2D eigenvalue weighted by Gasteiger charge is 2.05. The third kappa shape index (κ3) is 2.10. The van der Waals surface area contributed by atoms with Crippen LogP contribution in [0.15, 0.2) is 54.6 Å². The van der Waals surface area contributed by atoms with Crippen molar-refractivity contribution in [2.75, 3.05) is 0 Å². The first-order valence-corrected chi connectivity index (χ1v) is 6.36. The molecule has 0 atom stereocenters. The molecule has 0 aliphatic rings. The number of hydrogen-bond donors (Lipinski definition) is 0. The normalized spacial score (nSPS) is 11.9. The quantitative estimate of drug-likeness (QED) is 0.303. The maximum atomic E-state index is 11.9. The summed E-state index contributed by atoms with van der Waals surface area (Å²) in [5.41, 5.74) is 1.53. The van der Waals surface area contributed by atoms with Gasteiger partial charge in [0.05, 0.1) is 10.2 Å². The Labute approximate surface area is 108 Å². The monoisotopic (exact) mass is 254 g/mol. The average Bonchev–Trinajstić information content (AvgIpc) is 2.82. The molecule has 0 saturated heterocycles. The van der Waals surface area contributed by atoms with E-state index in [1.807, 2.05) is 42.5 Å². The SMILES string of the molecule is [O-][N+](=Cc1nc2ccccc2s1)c1ccccc1. The summed E-state index contributed by atoms with van der Waals surface area (Å²) in [6.45, 7) is 0. The highest BCUT2D eigenvalue weighted by molar-refractivity contribution is 7.20. The van der Waals surface area contributed by atoms with Crippen molar-refractivity contribution >= 4 is 33.5 Å². The van der Waals surface area contributed by atoms with Crippen molar-refractivity contribution in [3.8, 4) is 0 Å². The lowest BCUT2D eigenvalue weighted by molar-refractivity contribution is -0.354. The zero-order valence-corrected chi connectivity index (χ0v) is 10.3. The van der Waals surface area contributed by atoms with Crippen molar-refractivity contribution in [2.45, 2.75) is 0 Å². The number of para-hydroxylation sites is 2. The van der Waals surface area contributed by atoms with Gasteiger partial charge in [-0.25, -0.2) is 4.98 Å².